The predicted molar refractivity (Wildman–Crippen MR) is 119 cm³/mol. The van der Waals surface area contributed by atoms with E-state index in [1.807, 2.05) is 6.92 Å². The maximum atomic E-state index is 13.5. The number of carbonyl (C=O) groups is 1. The summed E-state index contributed by atoms with van der Waals surface area (Å²) >= 11 is 0. The van der Waals surface area contributed by atoms with E-state index in [0.29, 0.717) is 13.1 Å². The van der Waals surface area contributed by atoms with Gasteiger partial charge in [-0.2, -0.15) is 0 Å². The molecule has 0 radical (unpaired) electrons. The van der Waals surface area contributed by atoms with Crippen molar-refractivity contribution < 1.29 is 9.69 Å². The number of nitrogen functional groups attached to an aromatic ring is 1. The normalized spacial score (nSPS) is 18.8. The van der Waals surface area contributed by atoms with Crippen LogP contribution in [0.15, 0.2) is 9.59 Å². The van der Waals surface area contributed by atoms with Gasteiger partial charge >= 0.3 is 5.69 Å². The highest BCUT2D eigenvalue weighted by Crippen LogP contribution is 2.29. The highest BCUT2D eigenvalue weighted by Gasteiger charge is 2.34. The molecule has 8 nitrogen and oxygen atoms in total. The van der Waals surface area contributed by atoms with Crippen LogP contribution in [0.3, 0.4) is 0 Å². The van der Waals surface area contributed by atoms with Gasteiger partial charge < -0.3 is 10.6 Å². The van der Waals surface area contributed by atoms with Crippen LogP contribution in [-0.2, 0) is 11.3 Å². The Kier molecular flexibility index (Phi) is 8.13. The number of aromatic amines is 1. The molecule has 1 aromatic heterocycles. The average Bonchev–Trinajstić information content (AvgIpc) is 3.21. The molecule has 1 aliphatic heterocycles. The number of hydrogen-bond acceptors (Lipinski definition) is 4. The number of nitrogens with zero attached hydrogens (tertiary/aromatic N) is 2. The molecule has 0 atom stereocenters. The highest BCUT2D eigenvalue weighted by molar-refractivity contribution is 5.96. The third kappa shape index (κ3) is 5.33. The number of carbonyl (C=O) groups excluding carboxylic acids is 1. The van der Waals surface area contributed by atoms with Gasteiger partial charge in [0.2, 0.25) is 0 Å². The van der Waals surface area contributed by atoms with E-state index in [0.717, 1.165) is 64.5 Å². The summed E-state index contributed by atoms with van der Waals surface area (Å²) in [5, 5.41) is 0. The van der Waals surface area contributed by atoms with Crippen LogP contribution in [0.1, 0.15) is 77.6 Å². The molecule has 1 saturated carbocycles. The third-order valence-electron chi connectivity index (χ3n) is 6.61. The van der Waals surface area contributed by atoms with Crippen molar-refractivity contribution in [2.75, 3.05) is 30.3 Å². The summed E-state index contributed by atoms with van der Waals surface area (Å²) in [6, 6.07) is -0.0211. The van der Waals surface area contributed by atoms with Crippen LogP contribution in [0.4, 0.5) is 11.5 Å². The van der Waals surface area contributed by atoms with E-state index in [1.54, 1.807) is 4.90 Å². The van der Waals surface area contributed by atoms with E-state index < -0.39 is 11.2 Å². The number of aromatic nitrogens is 2. The number of unbranched alkanes of at least 4 members (excludes halogenated alkanes) is 1. The maximum absolute atomic E-state index is 13.5. The van der Waals surface area contributed by atoms with E-state index >= 15 is 0 Å². The summed E-state index contributed by atoms with van der Waals surface area (Å²) in [5.41, 5.74) is 5.48. The van der Waals surface area contributed by atoms with E-state index in [1.165, 1.54) is 28.7 Å². The summed E-state index contributed by atoms with van der Waals surface area (Å²) < 4.78 is 1.42. The zero-order valence-corrected chi connectivity index (χ0v) is 18.4. The van der Waals surface area contributed by atoms with Crippen molar-refractivity contribution in [2.45, 2.75) is 90.1 Å². The Hall–Kier alpha value is -2.09. The second-order valence-electron chi connectivity index (χ2n) is 8.89. The molecule has 8 heteroatoms. The van der Waals surface area contributed by atoms with Gasteiger partial charge in [-0.15, -0.1) is 0 Å². The molecule has 0 unspecified atom stereocenters. The zero-order chi connectivity index (χ0) is 21.5. The van der Waals surface area contributed by atoms with Gasteiger partial charge in [-0.25, -0.2) is 4.79 Å². The minimum absolute atomic E-state index is 0.0211. The quantitative estimate of drug-likeness (QED) is 0.613. The van der Waals surface area contributed by atoms with Crippen molar-refractivity contribution in [3.63, 3.8) is 0 Å². The number of likely N-dealkylation sites (tertiary alicyclic amines) is 1. The molecule has 0 bridgehead atoms. The van der Waals surface area contributed by atoms with Crippen LogP contribution < -0.4 is 26.8 Å². The fraction of sp³-hybridized carbons (Fsp3) is 0.773. The molecule has 0 spiro atoms. The Labute approximate surface area is 178 Å². The number of anilines is 2. The van der Waals surface area contributed by atoms with Gasteiger partial charge in [0, 0.05) is 12.6 Å². The number of nitrogens with two attached hydrogens (primary N) is 1. The highest BCUT2D eigenvalue weighted by atomic mass is 16.2. The molecular weight excluding hydrogens is 382 g/mol. The van der Waals surface area contributed by atoms with Crippen molar-refractivity contribution >= 4 is 17.4 Å². The van der Waals surface area contributed by atoms with Gasteiger partial charge in [0.15, 0.2) is 12.2 Å². The Morgan fingerprint density at radius 3 is 2.37 bits per heavy atom. The first kappa shape index (κ1) is 22.6. The minimum atomic E-state index is -0.548. The summed E-state index contributed by atoms with van der Waals surface area (Å²) in [6.07, 6.45) is 11.5. The van der Waals surface area contributed by atoms with Crippen LogP contribution >= 0.6 is 0 Å². The van der Waals surface area contributed by atoms with Gasteiger partial charge in [0.05, 0.1) is 13.1 Å². The van der Waals surface area contributed by atoms with Gasteiger partial charge in [0.25, 0.3) is 11.5 Å². The summed E-state index contributed by atoms with van der Waals surface area (Å²) in [5.74, 6) is 0.0791. The second kappa shape index (κ2) is 10.8. The number of H-pyrrole nitrogens is 1. The first-order valence-corrected chi connectivity index (χ1v) is 11.8. The lowest BCUT2D eigenvalue weighted by molar-refractivity contribution is -0.892. The largest absolute Gasteiger partial charge is 0.383 e. The molecule has 30 heavy (non-hydrogen) atoms. The topological polar surface area (TPSA) is 106 Å². The Balaban J connectivity index is 1.92. The van der Waals surface area contributed by atoms with E-state index in [4.69, 9.17) is 5.73 Å². The number of amides is 1. The van der Waals surface area contributed by atoms with Gasteiger partial charge in [-0.05, 0) is 44.9 Å². The van der Waals surface area contributed by atoms with Gasteiger partial charge in [0.1, 0.15) is 5.82 Å². The minimum Gasteiger partial charge on any atom is -0.383 e. The number of hydrogen-bond donors (Lipinski definition) is 3. The molecule has 1 amide bonds. The Morgan fingerprint density at radius 2 is 1.73 bits per heavy atom. The molecule has 2 fully saturated rings. The lowest BCUT2D eigenvalue weighted by Crippen LogP contribution is -3.13. The van der Waals surface area contributed by atoms with Crippen LogP contribution in [0.2, 0.25) is 0 Å². The third-order valence-corrected chi connectivity index (χ3v) is 6.61. The molecule has 2 heterocycles. The van der Waals surface area contributed by atoms with Crippen molar-refractivity contribution in [2.24, 2.45) is 0 Å². The number of rotatable bonds is 7. The van der Waals surface area contributed by atoms with Crippen LogP contribution in [0.25, 0.3) is 0 Å². The van der Waals surface area contributed by atoms with Crippen molar-refractivity contribution in [1.29, 1.82) is 0 Å². The molecule has 168 valence electrons. The average molecular weight is 421 g/mol. The smallest absolute Gasteiger partial charge is 0.330 e. The Morgan fingerprint density at radius 1 is 1.10 bits per heavy atom. The summed E-state index contributed by atoms with van der Waals surface area (Å²) in [7, 11) is 0. The van der Waals surface area contributed by atoms with Crippen molar-refractivity contribution in [3.05, 3.63) is 20.8 Å². The van der Waals surface area contributed by atoms with Crippen LogP contribution in [0, 0.1) is 0 Å². The molecule has 2 aliphatic rings. The van der Waals surface area contributed by atoms with Crippen LogP contribution in [-0.4, -0.2) is 41.1 Å². The number of nitrogens with one attached hydrogen (secondary N) is 2. The first-order chi connectivity index (χ1) is 14.5. The molecule has 3 rings (SSSR count). The van der Waals surface area contributed by atoms with E-state index in [-0.39, 0.29) is 23.5 Å². The molecule has 1 saturated heterocycles. The Bertz CT molecular complexity index is 817. The van der Waals surface area contributed by atoms with E-state index in [2.05, 4.69) is 4.98 Å². The summed E-state index contributed by atoms with van der Waals surface area (Å²) in [6.45, 7) is 4.84. The molecule has 0 aromatic carbocycles. The van der Waals surface area contributed by atoms with Gasteiger partial charge in [-0.1, -0.05) is 32.6 Å². The maximum Gasteiger partial charge on any atom is 0.330 e. The first-order valence-electron chi connectivity index (χ1n) is 11.8. The fourth-order valence-electron chi connectivity index (χ4n) is 4.90. The standard InChI is InChI=1S/C22H37N5O3/c1-2-3-15-26-20(23)19(21(29)24-22(26)30)27(17-11-7-8-12-17)18(28)16-25-13-9-5-4-6-10-14-25/h17H,2-16,23H2,1H3,(H,24,29,30)/p+1. The van der Waals surface area contributed by atoms with Crippen LogP contribution in [0.5, 0.6) is 0 Å². The molecular formula is C22H38N5O3+. The SMILES string of the molecule is CCCCn1c(N)c(N(C(=O)C[NH+]2CCCCCCC2)C2CCCC2)c(=O)[nH]c1=O. The molecule has 1 aromatic rings. The van der Waals surface area contributed by atoms with Crippen molar-refractivity contribution in [1.82, 2.24) is 9.55 Å². The monoisotopic (exact) mass is 420 g/mol. The number of quaternary nitrogens is 1. The lowest BCUT2D eigenvalue weighted by Gasteiger charge is -2.31. The van der Waals surface area contributed by atoms with Gasteiger partial charge in [-0.3, -0.25) is 24.0 Å². The summed E-state index contributed by atoms with van der Waals surface area (Å²) in [4.78, 5) is 44.0. The predicted octanol–water partition coefficient (Wildman–Crippen LogP) is 1.04. The van der Waals surface area contributed by atoms with Crippen molar-refractivity contribution in [3.8, 4) is 0 Å². The molecule has 1 aliphatic carbocycles. The molecule has 4 N–H and O–H groups in total. The zero-order valence-electron chi connectivity index (χ0n) is 18.4. The van der Waals surface area contributed by atoms with E-state index in [9.17, 15) is 14.4 Å². The second-order valence-corrected chi connectivity index (χ2v) is 8.89. The fourth-order valence-corrected chi connectivity index (χ4v) is 4.90. The lowest BCUT2D eigenvalue weighted by atomic mass is 10.1.